The van der Waals surface area contributed by atoms with Crippen molar-refractivity contribution >= 4 is 0 Å². The number of rotatable bonds is 5. The summed E-state index contributed by atoms with van der Waals surface area (Å²) >= 11 is 0. The minimum atomic E-state index is -0.389. The van der Waals surface area contributed by atoms with E-state index in [1.807, 2.05) is 13.8 Å². The molecule has 2 rings (SSSR count). The van der Waals surface area contributed by atoms with E-state index in [1.54, 1.807) is 12.3 Å². The molecule has 1 atom stereocenters. The van der Waals surface area contributed by atoms with Gasteiger partial charge in [0.05, 0.1) is 12.2 Å². The van der Waals surface area contributed by atoms with Crippen LogP contribution < -0.4 is 5.32 Å². The van der Waals surface area contributed by atoms with Crippen LogP contribution in [0.4, 0.5) is 8.78 Å². The Hall–Kier alpha value is -1.81. The molecule has 0 bridgehead atoms. The lowest BCUT2D eigenvalue weighted by Gasteiger charge is -2.21. The summed E-state index contributed by atoms with van der Waals surface area (Å²) in [6.07, 6.45) is 3.72. The molecule has 2 aromatic rings. The van der Waals surface area contributed by atoms with E-state index in [9.17, 15) is 8.78 Å². The van der Waals surface area contributed by atoms with Gasteiger partial charge in [-0.15, -0.1) is 0 Å². The topological polar surface area (TPSA) is 24.9 Å². The summed E-state index contributed by atoms with van der Waals surface area (Å²) in [6.45, 7) is 4.73. The first-order valence-electron chi connectivity index (χ1n) is 6.71. The highest BCUT2D eigenvalue weighted by Crippen LogP contribution is 2.25. The van der Waals surface area contributed by atoms with E-state index in [0.717, 1.165) is 24.1 Å². The van der Waals surface area contributed by atoms with E-state index >= 15 is 0 Å². The van der Waals surface area contributed by atoms with Crippen molar-refractivity contribution in [2.45, 2.75) is 26.3 Å². The van der Waals surface area contributed by atoms with Crippen molar-refractivity contribution in [3.63, 3.8) is 0 Å². The molecule has 1 unspecified atom stereocenters. The summed E-state index contributed by atoms with van der Waals surface area (Å²) < 4.78 is 26.9. The third-order valence-electron chi connectivity index (χ3n) is 3.21. The van der Waals surface area contributed by atoms with Gasteiger partial charge in [0.25, 0.3) is 0 Å². The molecule has 20 heavy (non-hydrogen) atoms. The predicted octanol–water partition coefficient (Wildman–Crippen LogP) is 3.76. The van der Waals surface area contributed by atoms with Gasteiger partial charge in [0.2, 0.25) is 0 Å². The Kier molecular flexibility index (Phi) is 4.79. The number of hydrogen-bond donors (Lipinski definition) is 1. The molecule has 1 aromatic carbocycles. The minimum Gasteiger partial charge on any atom is -0.306 e. The molecule has 0 radical (unpaired) electrons. The number of nitrogens with zero attached hydrogens (tertiary/aromatic N) is 1. The largest absolute Gasteiger partial charge is 0.306 e. The molecule has 0 aliphatic rings. The van der Waals surface area contributed by atoms with Crippen LogP contribution in [0.25, 0.3) is 0 Å². The maximum Gasteiger partial charge on any atom is 0.141 e. The molecule has 2 nitrogen and oxygen atoms in total. The molecule has 1 heterocycles. The standard InChI is InChI=1S/C16H18F2N2/c1-3-6-20-16(12-7-14(18)10-19-9-12)15-8-13(17)5-4-11(15)2/h4-5,7-10,16,20H,3,6H2,1-2H3. The van der Waals surface area contributed by atoms with Gasteiger partial charge in [-0.2, -0.15) is 0 Å². The first-order valence-corrected chi connectivity index (χ1v) is 6.71. The van der Waals surface area contributed by atoms with E-state index in [1.165, 1.54) is 24.4 Å². The Morgan fingerprint density at radius 1 is 1.15 bits per heavy atom. The van der Waals surface area contributed by atoms with Crippen LogP contribution in [0.2, 0.25) is 0 Å². The van der Waals surface area contributed by atoms with Gasteiger partial charge in [-0.3, -0.25) is 4.98 Å². The molecule has 0 spiro atoms. The molecule has 0 fully saturated rings. The average Bonchev–Trinajstić information content (AvgIpc) is 2.43. The van der Waals surface area contributed by atoms with Crippen LogP contribution in [0, 0.1) is 18.6 Å². The summed E-state index contributed by atoms with van der Waals surface area (Å²) in [6, 6.07) is 5.84. The van der Waals surface area contributed by atoms with Gasteiger partial charge in [0.15, 0.2) is 0 Å². The molecule has 1 N–H and O–H groups in total. The van der Waals surface area contributed by atoms with Gasteiger partial charge in [-0.25, -0.2) is 8.78 Å². The SMILES string of the molecule is CCCNC(c1cncc(F)c1)c1cc(F)ccc1C. The smallest absolute Gasteiger partial charge is 0.141 e. The van der Waals surface area contributed by atoms with Crippen LogP contribution in [-0.4, -0.2) is 11.5 Å². The maximum absolute atomic E-state index is 13.5. The van der Waals surface area contributed by atoms with Crippen molar-refractivity contribution in [3.8, 4) is 0 Å². The number of pyridine rings is 1. The quantitative estimate of drug-likeness (QED) is 0.899. The lowest BCUT2D eigenvalue weighted by Crippen LogP contribution is -2.24. The third kappa shape index (κ3) is 3.39. The number of nitrogens with one attached hydrogen (secondary N) is 1. The molecule has 1 aromatic heterocycles. The van der Waals surface area contributed by atoms with Gasteiger partial charge >= 0.3 is 0 Å². The van der Waals surface area contributed by atoms with E-state index in [-0.39, 0.29) is 17.7 Å². The fourth-order valence-electron chi connectivity index (χ4n) is 2.20. The lowest BCUT2D eigenvalue weighted by molar-refractivity contribution is 0.571. The highest BCUT2D eigenvalue weighted by Gasteiger charge is 2.17. The Morgan fingerprint density at radius 3 is 2.65 bits per heavy atom. The van der Waals surface area contributed by atoms with Crippen molar-refractivity contribution in [3.05, 3.63) is 65.0 Å². The molecular weight excluding hydrogens is 258 g/mol. The minimum absolute atomic E-state index is 0.256. The molecule has 4 heteroatoms. The molecular formula is C16H18F2N2. The average molecular weight is 276 g/mol. The number of benzene rings is 1. The fraction of sp³-hybridized carbons (Fsp3) is 0.312. The summed E-state index contributed by atoms with van der Waals surface area (Å²) in [5.41, 5.74) is 2.47. The third-order valence-corrected chi connectivity index (χ3v) is 3.21. The first kappa shape index (κ1) is 14.6. The molecule has 0 saturated heterocycles. The van der Waals surface area contributed by atoms with E-state index in [2.05, 4.69) is 10.3 Å². The fourth-order valence-corrected chi connectivity index (χ4v) is 2.20. The van der Waals surface area contributed by atoms with Crippen LogP contribution in [0.1, 0.15) is 36.1 Å². The predicted molar refractivity (Wildman–Crippen MR) is 75.5 cm³/mol. The first-order chi connectivity index (χ1) is 9.61. The summed E-state index contributed by atoms with van der Waals surface area (Å²) in [7, 11) is 0. The van der Waals surface area contributed by atoms with Crippen molar-refractivity contribution in [1.29, 1.82) is 0 Å². The Labute approximate surface area is 117 Å². The van der Waals surface area contributed by atoms with E-state index < -0.39 is 0 Å². The monoisotopic (exact) mass is 276 g/mol. The molecule has 0 amide bonds. The van der Waals surface area contributed by atoms with Gasteiger partial charge in [0.1, 0.15) is 11.6 Å². The number of aromatic nitrogens is 1. The second-order valence-corrected chi connectivity index (χ2v) is 4.82. The zero-order valence-corrected chi connectivity index (χ0v) is 11.7. The molecule has 0 saturated carbocycles. The van der Waals surface area contributed by atoms with Crippen LogP contribution in [0.15, 0.2) is 36.7 Å². The second kappa shape index (κ2) is 6.57. The summed E-state index contributed by atoms with van der Waals surface area (Å²) in [4.78, 5) is 3.88. The molecule has 0 aliphatic heterocycles. The van der Waals surface area contributed by atoms with Crippen molar-refractivity contribution in [2.24, 2.45) is 0 Å². The molecule has 0 aliphatic carbocycles. The van der Waals surface area contributed by atoms with Crippen molar-refractivity contribution in [2.75, 3.05) is 6.54 Å². The molecule has 106 valence electrons. The summed E-state index contributed by atoms with van der Waals surface area (Å²) in [5.74, 6) is -0.682. The Morgan fingerprint density at radius 2 is 1.95 bits per heavy atom. The highest BCUT2D eigenvalue weighted by atomic mass is 19.1. The maximum atomic E-state index is 13.5. The van der Waals surface area contributed by atoms with E-state index in [0.29, 0.717) is 5.56 Å². The van der Waals surface area contributed by atoms with Crippen LogP contribution in [0.5, 0.6) is 0 Å². The second-order valence-electron chi connectivity index (χ2n) is 4.82. The van der Waals surface area contributed by atoms with E-state index in [4.69, 9.17) is 0 Å². The van der Waals surface area contributed by atoms with Crippen molar-refractivity contribution in [1.82, 2.24) is 10.3 Å². The van der Waals surface area contributed by atoms with Gasteiger partial charge in [-0.1, -0.05) is 13.0 Å². The van der Waals surface area contributed by atoms with Gasteiger partial charge in [-0.05, 0) is 54.8 Å². The number of aryl methyl sites for hydroxylation is 1. The zero-order chi connectivity index (χ0) is 14.5. The van der Waals surface area contributed by atoms with Crippen LogP contribution in [-0.2, 0) is 0 Å². The highest BCUT2D eigenvalue weighted by molar-refractivity contribution is 5.36. The number of hydrogen-bond acceptors (Lipinski definition) is 2. The summed E-state index contributed by atoms with van der Waals surface area (Å²) in [5, 5.41) is 3.32. The van der Waals surface area contributed by atoms with Crippen LogP contribution in [0.3, 0.4) is 0 Å². The number of halogens is 2. The van der Waals surface area contributed by atoms with Crippen LogP contribution >= 0.6 is 0 Å². The lowest BCUT2D eigenvalue weighted by atomic mass is 9.95. The van der Waals surface area contributed by atoms with Gasteiger partial charge < -0.3 is 5.32 Å². The zero-order valence-electron chi connectivity index (χ0n) is 11.7. The van der Waals surface area contributed by atoms with Crippen molar-refractivity contribution < 1.29 is 8.78 Å². The Balaban J connectivity index is 2.44. The Bertz CT molecular complexity index is 584. The normalized spacial score (nSPS) is 12.4. The van der Waals surface area contributed by atoms with Gasteiger partial charge in [0, 0.05) is 6.20 Å².